The van der Waals surface area contributed by atoms with E-state index in [9.17, 15) is 4.79 Å². The molecule has 0 aromatic heterocycles. The lowest BCUT2D eigenvalue weighted by Gasteiger charge is -2.33. The predicted molar refractivity (Wildman–Crippen MR) is 95.0 cm³/mol. The number of carbonyl (C=O) groups is 1. The maximum absolute atomic E-state index is 12.6. The molecule has 5 heteroatoms. The Morgan fingerprint density at radius 2 is 1.71 bits per heavy atom. The number of methoxy groups -OCH3 is 1. The van der Waals surface area contributed by atoms with Crippen molar-refractivity contribution >= 4 is 23.2 Å². The van der Waals surface area contributed by atoms with Crippen molar-refractivity contribution in [3.05, 3.63) is 60.2 Å². The van der Waals surface area contributed by atoms with Crippen molar-refractivity contribution < 1.29 is 14.4 Å². The van der Waals surface area contributed by atoms with Crippen molar-refractivity contribution in [2.24, 2.45) is 0 Å². The highest BCUT2D eigenvalue weighted by molar-refractivity contribution is 6.30. The van der Waals surface area contributed by atoms with Crippen LogP contribution in [0.4, 0.5) is 5.69 Å². The summed E-state index contributed by atoms with van der Waals surface area (Å²) in [5.41, 5.74) is 2.00. The van der Waals surface area contributed by atoms with Gasteiger partial charge in [-0.2, -0.15) is 0 Å². The molecule has 0 spiro atoms. The van der Waals surface area contributed by atoms with Gasteiger partial charge in [0.15, 0.2) is 11.4 Å². The molecule has 1 heterocycles. The molecular formula is C19H22ClN2O2+. The third-order valence-corrected chi connectivity index (χ3v) is 4.91. The van der Waals surface area contributed by atoms with Gasteiger partial charge in [0.1, 0.15) is 5.38 Å². The first-order valence-corrected chi connectivity index (χ1v) is 8.60. The summed E-state index contributed by atoms with van der Waals surface area (Å²) >= 11 is 6.37. The second-order valence-electron chi connectivity index (χ2n) is 5.90. The number of halogens is 1. The van der Waals surface area contributed by atoms with Crippen LogP contribution in [0.25, 0.3) is 0 Å². The fourth-order valence-electron chi connectivity index (χ4n) is 3.13. The first-order valence-electron chi connectivity index (χ1n) is 8.16. The number of rotatable bonds is 4. The number of nitrogens with one attached hydrogen (secondary N) is 1. The molecule has 3 rings (SSSR count). The van der Waals surface area contributed by atoms with E-state index in [2.05, 4.69) is 6.07 Å². The average molecular weight is 346 g/mol. The number of ether oxygens (including phenoxy) is 1. The van der Waals surface area contributed by atoms with Crippen molar-refractivity contribution in [2.75, 3.05) is 33.3 Å². The summed E-state index contributed by atoms with van der Waals surface area (Å²) in [5, 5.41) is -0.612. The van der Waals surface area contributed by atoms with Gasteiger partial charge in [-0.3, -0.25) is 9.69 Å². The number of benzene rings is 2. The van der Waals surface area contributed by atoms with Gasteiger partial charge in [-0.15, -0.1) is 11.6 Å². The monoisotopic (exact) mass is 345 g/mol. The number of para-hydroxylation sites is 2. The van der Waals surface area contributed by atoms with Gasteiger partial charge in [0.05, 0.1) is 33.3 Å². The SMILES string of the molecule is COc1ccccc1[NH+]1CCN(C(=O)C(Cl)c2ccccc2)CC1. The van der Waals surface area contributed by atoms with E-state index in [0.29, 0.717) is 13.1 Å². The zero-order valence-electron chi connectivity index (χ0n) is 13.7. The number of piperazine rings is 1. The van der Waals surface area contributed by atoms with Gasteiger partial charge in [0.25, 0.3) is 0 Å². The number of hydrogen-bond donors (Lipinski definition) is 1. The Bertz CT molecular complexity index is 685. The van der Waals surface area contributed by atoms with E-state index in [4.69, 9.17) is 16.3 Å². The summed E-state index contributed by atoms with van der Waals surface area (Å²) in [6, 6.07) is 17.6. The molecule has 126 valence electrons. The fourth-order valence-corrected chi connectivity index (χ4v) is 3.41. The number of amides is 1. The third kappa shape index (κ3) is 3.55. The Hall–Kier alpha value is -2.04. The van der Waals surface area contributed by atoms with Crippen LogP contribution in [0, 0.1) is 0 Å². The number of quaternary nitrogens is 1. The molecule has 24 heavy (non-hydrogen) atoms. The van der Waals surface area contributed by atoms with E-state index in [1.807, 2.05) is 53.4 Å². The first kappa shape index (κ1) is 16.8. The topological polar surface area (TPSA) is 34.0 Å². The van der Waals surface area contributed by atoms with E-state index in [1.54, 1.807) is 7.11 Å². The van der Waals surface area contributed by atoms with Gasteiger partial charge in [-0.05, 0) is 11.6 Å². The molecule has 1 unspecified atom stereocenters. The maximum atomic E-state index is 12.6. The minimum atomic E-state index is -0.612. The summed E-state index contributed by atoms with van der Waals surface area (Å²) in [4.78, 5) is 15.8. The Labute approximate surface area is 147 Å². The summed E-state index contributed by atoms with van der Waals surface area (Å²) in [6.45, 7) is 3.10. The average Bonchev–Trinajstić information content (AvgIpc) is 2.67. The largest absolute Gasteiger partial charge is 0.491 e. The summed E-state index contributed by atoms with van der Waals surface area (Å²) < 4.78 is 5.45. The summed E-state index contributed by atoms with van der Waals surface area (Å²) in [5.74, 6) is 0.883. The molecule has 1 N–H and O–H groups in total. The highest BCUT2D eigenvalue weighted by Crippen LogP contribution is 2.23. The standard InChI is InChI=1S/C19H21ClN2O2/c1-24-17-10-6-5-9-16(17)21-11-13-22(14-12-21)19(23)18(20)15-7-3-2-4-8-15/h2-10,18H,11-14H2,1H3/p+1. The van der Waals surface area contributed by atoms with E-state index in [-0.39, 0.29) is 5.91 Å². The van der Waals surface area contributed by atoms with Crippen molar-refractivity contribution in [3.63, 3.8) is 0 Å². The molecule has 1 atom stereocenters. The van der Waals surface area contributed by atoms with Crippen molar-refractivity contribution in [3.8, 4) is 5.75 Å². The Morgan fingerprint density at radius 3 is 2.38 bits per heavy atom. The van der Waals surface area contributed by atoms with Crippen LogP contribution < -0.4 is 9.64 Å². The third-order valence-electron chi connectivity index (χ3n) is 4.48. The minimum Gasteiger partial charge on any atom is -0.491 e. The highest BCUT2D eigenvalue weighted by atomic mass is 35.5. The van der Waals surface area contributed by atoms with Gasteiger partial charge >= 0.3 is 0 Å². The Balaban J connectivity index is 1.63. The molecular weight excluding hydrogens is 324 g/mol. The molecule has 0 saturated carbocycles. The summed E-state index contributed by atoms with van der Waals surface area (Å²) in [6.07, 6.45) is 0. The lowest BCUT2D eigenvalue weighted by atomic mass is 10.1. The van der Waals surface area contributed by atoms with Gasteiger partial charge in [0.2, 0.25) is 5.91 Å². The molecule has 0 bridgehead atoms. The number of hydrogen-bond acceptors (Lipinski definition) is 2. The molecule has 2 aromatic carbocycles. The quantitative estimate of drug-likeness (QED) is 0.860. The van der Waals surface area contributed by atoms with Crippen LogP contribution in [0.2, 0.25) is 0 Å². The van der Waals surface area contributed by atoms with Crippen molar-refractivity contribution in [1.29, 1.82) is 0 Å². The van der Waals surface area contributed by atoms with E-state index < -0.39 is 5.38 Å². The van der Waals surface area contributed by atoms with Crippen LogP contribution >= 0.6 is 11.6 Å². The first-order chi connectivity index (χ1) is 11.7. The van der Waals surface area contributed by atoms with Gasteiger partial charge in [0, 0.05) is 6.07 Å². The second kappa shape index (κ2) is 7.69. The minimum absolute atomic E-state index is 0.0121. The van der Waals surface area contributed by atoms with Gasteiger partial charge < -0.3 is 9.64 Å². The Morgan fingerprint density at radius 1 is 1.08 bits per heavy atom. The van der Waals surface area contributed by atoms with Gasteiger partial charge in [-0.1, -0.05) is 42.5 Å². The number of carbonyl (C=O) groups excluding carboxylic acids is 1. The van der Waals surface area contributed by atoms with Crippen molar-refractivity contribution in [2.45, 2.75) is 5.38 Å². The smallest absolute Gasteiger partial charge is 0.245 e. The van der Waals surface area contributed by atoms with Crippen LogP contribution in [-0.2, 0) is 4.79 Å². The molecule has 1 aliphatic heterocycles. The summed E-state index contributed by atoms with van der Waals surface area (Å²) in [7, 11) is 1.69. The second-order valence-corrected chi connectivity index (χ2v) is 6.34. The van der Waals surface area contributed by atoms with Crippen LogP contribution in [0.15, 0.2) is 54.6 Å². The van der Waals surface area contributed by atoms with E-state index in [1.165, 1.54) is 4.90 Å². The highest BCUT2D eigenvalue weighted by Gasteiger charge is 2.30. The van der Waals surface area contributed by atoms with Crippen LogP contribution in [-0.4, -0.2) is 44.1 Å². The Kier molecular flexibility index (Phi) is 5.38. The zero-order valence-corrected chi connectivity index (χ0v) is 14.5. The zero-order chi connectivity index (χ0) is 16.9. The maximum Gasteiger partial charge on any atom is 0.245 e. The van der Waals surface area contributed by atoms with Crippen LogP contribution in [0.3, 0.4) is 0 Å². The van der Waals surface area contributed by atoms with Gasteiger partial charge in [-0.25, -0.2) is 0 Å². The molecule has 0 radical (unpaired) electrons. The molecule has 1 aliphatic rings. The van der Waals surface area contributed by atoms with E-state index in [0.717, 1.165) is 30.1 Å². The van der Waals surface area contributed by atoms with Crippen LogP contribution in [0.1, 0.15) is 10.9 Å². The molecule has 1 amide bonds. The normalized spacial score (nSPS) is 16.7. The number of nitrogens with zero attached hydrogens (tertiary/aromatic N) is 1. The molecule has 0 aliphatic carbocycles. The predicted octanol–water partition coefficient (Wildman–Crippen LogP) is 2.03. The molecule has 1 fully saturated rings. The lowest BCUT2D eigenvalue weighted by Crippen LogP contribution is -3.10. The molecule has 2 aromatic rings. The lowest BCUT2D eigenvalue weighted by molar-refractivity contribution is -0.837. The van der Waals surface area contributed by atoms with Crippen molar-refractivity contribution in [1.82, 2.24) is 4.90 Å². The fraction of sp³-hybridized carbons (Fsp3) is 0.316. The van der Waals surface area contributed by atoms with Crippen LogP contribution in [0.5, 0.6) is 5.75 Å². The van der Waals surface area contributed by atoms with E-state index >= 15 is 0 Å². The molecule has 1 saturated heterocycles. The molecule has 4 nitrogen and oxygen atoms in total. The number of alkyl halides is 1.